The summed E-state index contributed by atoms with van der Waals surface area (Å²) < 4.78 is 38.5. The first-order valence-electron chi connectivity index (χ1n) is 47.3. The van der Waals surface area contributed by atoms with E-state index in [1.807, 2.05) is 141 Å². The number of aliphatic imine (C=N–C) groups is 1. The van der Waals surface area contributed by atoms with Crippen LogP contribution in [0.3, 0.4) is 0 Å². The monoisotopic (exact) mass is 1900 g/mol. The number of piperidine rings is 3. The Bertz CT molecular complexity index is 6750. The van der Waals surface area contributed by atoms with Crippen LogP contribution in [-0.4, -0.2) is 230 Å². The molecular formula is C101H107F2N23O4S5. The summed E-state index contributed by atoms with van der Waals surface area (Å²) in [6.45, 7) is 20.3. The molecule has 0 spiro atoms. The quantitative estimate of drug-likeness (QED) is 0.0773. The summed E-state index contributed by atoms with van der Waals surface area (Å²) >= 11 is 8.24. The average molecular weight is 1910 g/mol. The van der Waals surface area contributed by atoms with Gasteiger partial charge in [0.2, 0.25) is 11.8 Å². The lowest BCUT2D eigenvalue weighted by Gasteiger charge is -2.34. The van der Waals surface area contributed by atoms with Crippen molar-refractivity contribution in [2.24, 2.45) is 4.99 Å². The molecule has 0 N–H and O–H groups in total. The van der Waals surface area contributed by atoms with Crippen LogP contribution in [0.25, 0.3) is 110 Å². The van der Waals surface area contributed by atoms with Gasteiger partial charge in [-0.25, -0.2) is 63.6 Å². The summed E-state index contributed by atoms with van der Waals surface area (Å²) in [4.78, 5) is 113. The molecule has 24 rings (SSSR count). The summed E-state index contributed by atoms with van der Waals surface area (Å²) in [5.41, 5.74) is 14.5. The van der Waals surface area contributed by atoms with Gasteiger partial charge in [-0.05, 0) is 212 Å². The molecule has 34 heteroatoms. The highest BCUT2D eigenvalue weighted by Crippen LogP contribution is 2.41. The molecule has 0 saturated carbocycles. The molecule has 9 aliphatic rings. The first kappa shape index (κ1) is 90.6. The Hall–Kier alpha value is -12.2. The number of allylic oxidation sites excluding steroid dienone is 1. The topological polar surface area (TPSA) is 262 Å². The third-order valence-corrected chi connectivity index (χ3v) is 31.0. The summed E-state index contributed by atoms with van der Waals surface area (Å²) in [6, 6.07) is 39.1. The van der Waals surface area contributed by atoms with Crippen molar-refractivity contribution in [3.05, 3.63) is 176 Å². The molecule has 0 radical (unpaired) electrons. The number of hydrogen-bond acceptors (Lipinski definition) is 28. The van der Waals surface area contributed by atoms with Crippen LogP contribution < -0.4 is 39.2 Å². The van der Waals surface area contributed by atoms with E-state index in [4.69, 9.17) is 24.7 Å². The van der Waals surface area contributed by atoms with E-state index in [1.54, 1.807) is 67.8 Å². The first-order chi connectivity index (χ1) is 66.2. The SMILES string of the molecule is CCCN1CCN(c2ccc3nc(-c4ccc(N5CCCC5)nc4)sc3c2)C(=O)C1.CCCn1cc(-c2nc3ccc(N4CCOCC4=O)cc3s2)cn1.F[C@@H]1CCCN(c2ccc(-c3nc4ncc(N5CCCCC5)cc4s3)cn2)C1.F[C@@H]1CCN(c2ccc(-c3ccc4cc(C5=CCN=C5)sc4n3)cn2)C1.O=C1CCCCN1c1cnc2nc(-c3ccc(N4CCCC4)nc3)sc2c1. The molecule has 135 heavy (non-hydrogen) atoms. The number of anilines is 8. The number of amides is 3. The number of rotatable bonds is 18. The van der Waals surface area contributed by atoms with Crippen LogP contribution in [0.2, 0.25) is 0 Å². The molecular weight excluding hydrogens is 1800 g/mol. The van der Waals surface area contributed by atoms with Gasteiger partial charge in [-0.1, -0.05) is 19.9 Å². The molecule has 0 unspecified atom stereocenters. The normalized spacial score (nSPS) is 18.3. The minimum atomic E-state index is -0.750. The second-order valence-corrected chi connectivity index (χ2v) is 40.4. The second-order valence-electron chi connectivity index (χ2n) is 35.3. The van der Waals surface area contributed by atoms with E-state index in [0.29, 0.717) is 52.0 Å². The van der Waals surface area contributed by atoms with Gasteiger partial charge in [-0.2, -0.15) is 5.10 Å². The van der Waals surface area contributed by atoms with Crippen molar-refractivity contribution < 1.29 is 27.9 Å². The number of carbonyl (C=O) groups is 3. The van der Waals surface area contributed by atoms with Gasteiger partial charge in [0.1, 0.15) is 67.1 Å². The zero-order valence-electron chi connectivity index (χ0n) is 75.9. The lowest BCUT2D eigenvalue weighted by Crippen LogP contribution is -2.50. The molecule has 2 atom stereocenters. The number of pyridine rings is 7. The number of carbonyl (C=O) groups excluding carboxylic acids is 3. The number of benzene rings is 2. The third kappa shape index (κ3) is 21.3. The maximum atomic E-state index is 13.7. The lowest BCUT2D eigenvalue weighted by molar-refractivity contribution is -0.125. The van der Waals surface area contributed by atoms with E-state index in [1.165, 1.54) is 61.1 Å². The van der Waals surface area contributed by atoms with Gasteiger partial charge < -0.3 is 43.9 Å². The minimum absolute atomic E-state index is 0.00572. The van der Waals surface area contributed by atoms with E-state index in [2.05, 4.69) is 133 Å². The summed E-state index contributed by atoms with van der Waals surface area (Å²) in [5.74, 6) is 4.15. The highest BCUT2D eigenvalue weighted by atomic mass is 32.1. The Labute approximate surface area is 802 Å². The number of piperazine rings is 1. The summed E-state index contributed by atoms with van der Waals surface area (Å²) in [6.07, 6.45) is 33.4. The molecule has 22 heterocycles. The fourth-order valence-corrected chi connectivity index (χ4v) is 23.4. The third-order valence-electron chi connectivity index (χ3n) is 25.7. The van der Waals surface area contributed by atoms with E-state index in [-0.39, 0.29) is 24.3 Å². The van der Waals surface area contributed by atoms with Crippen molar-refractivity contribution in [3.8, 4) is 53.5 Å². The van der Waals surface area contributed by atoms with Gasteiger partial charge in [0, 0.05) is 184 Å². The van der Waals surface area contributed by atoms with Crippen molar-refractivity contribution in [2.45, 2.75) is 129 Å². The number of fused-ring (bicyclic) bond motifs is 5. The number of hydrogen-bond donors (Lipinski definition) is 0. The van der Waals surface area contributed by atoms with Crippen LogP contribution in [0, 0.1) is 0 Å². The number of aryl methyl sites for hydroxylation is 1. The molecule has 27 nitrogen and oxygen atoms in total. The van der Waals surface area contributed by atoms with Gasteiger partial charge in [0.05, 0.1) is 98.3 Å². The van der Waals surface area contributed by atoms with E-state index in [9.17, 15) is 23.2 Å². The van der Waals surface area contributed by atoms with Crippen LogP contribution in [0.5, 0.6) is 0 Å². The van der Waals surface area contributed by atoms with Crippen molar-refractivity contribution in [2.75, 3.05) is 164 Å². The van der Waals surface area contributed by atoms with Crippen molar-refractivity contribution in [1.29, 1.82) is 0 Å². The molecule has 13 aromatic heterocycles. The van der Waals surface area contributed by atoms with Crippen molar-refractivity contribution in [1.82, 2.24) is 69.5 Å². The van der Waals surface area contributed by atoms with Crippen molar-refractivity contribution >= 4 is 184 Å². The van der Waals surface area contributed by atoms with Crippen LogP contribution in [0.4, 0.5) is 54.8 Å². The highest BCUT2D eigenvalue weighted by molar-refractivity contribution is 7.23. The Morgan fingerprint density at radius 1 is 0.415 bits per heavy atom. The smallest absolute Gasteiger partial charge is 0.253 e. The van der Waals surface area contributed by atoms with Crippen LogP contribution >= 0.6 is 56.7 Å². The fraction of sp³-hybridized carbons (Fsp3) is 0.386. The Kier molecular flexibility index (Phi) is 28.2. The van der Waals surface area contributed by atoms with Gasteiger partial charge in [0.25, 0.3) is 5.91 Å². The zero-order chi connectivity index (χ0) is 91.7. The second kappa shape index (κ2) is 42.0. The number of aromatic nitrogens is 13. The zero-order valence-corrected chi connectivity index (χ0v) is 79.9. The maximum absolute atomic E-state index is 13.7. The molecule has 8 fully saturated rings. The van der Waals surface area contributed by atoms with Gasteiger partial charge in [-0.3, -0.25) is 29.0 Å². The lowest BCUT2D eigenvalue weighted by atomic mass is 10.1. The Balaban J connectivity index is 0.000000105. The molecule has 9 aliphatic heterocycles. The number of alkyl halides is 2. The number of ether oxygens (including phenoxy) is 1. The molecule has 15 aromatic rings. The maximum Gasteiger partial charge on any atom is 0.253 e. The number of morpholine rings is 1. The average Bonchev–Trinajstić information content (AvgIpc) is 1.64. The molecule has 0 aliphatic carbocycles. The van der Waals surface area contributed by atoms with E-state index in [0.717, 1.165) is 269 Å². The van der Waals surface area contributed by atoms with Crippen LogP contribution in [-0.2, 0) is 25.7 Å². The predicted molar refractivity (Wildman–Crippen MR) is 545 cm³/mol. The van der Waals surface area contributed by atoms with Gasteiger partial charge >= 0.3 is 0 Å². The van der Waals surface area contributed by atoms with Gasteiger partial charge in [-0.15, -0.1) is 56.7 Å². The van der Waals surface area contributed by atoms with Crippen LogP contribution in [0.15, 0.2) is 176 Å². The van der Waals surface area contributed by atoms with Gasteiger partial charge in [0.15, 0.2) is 11.3 Å². The largest absolute Gasteiger partial charge is 0.370 e. The van der Waals surface area contributed by atoms with E-state index >= 15 is 0 Å². The fourth-order valence-electron chi connectivity index (χ4n) is 18.5. The summed E-state index contributed by atoms with van der Waals surface area (Å²) in [5, 5.41) is 9.29. The van der Waals surface area contributed by atoms with Crippen molar-refractivity contribution in [3.63, 3.8) is 0 Å². The molecule has 2 aromatic carbocycles. The minimum Gasteiger partial charge on any atom is -0.370 e. The van der Waals surface area contributed by atoms with E-state index < -0.39 is 12.3 Å². The molecule has 0 bridgehead atoms. The first-order valence-corrected chi connectivity index (χ1v) is 51.4. The number of halogens is 2. The standard InChI is InChI=1S/C23H27N5OS.C21H24FN5S.C20H17FN4S.C20H21N5OS.C17H18N4O2S/c1-2-9-26-12-13-28(22(29)16-26)18-6-7-19-20(14-18)30-23(25-19)17-5-8-21(24-15-17)27-10-3-4-11-27;22-16-5-4-10-27(14-16)19-7-6-15(12-23-19)21-25-20-18(28-21)11-17(13-24-20)26-8-2-1-3-9-26;21-16-6-8-25(12-16)19-4-2-14(11-23-19)17-3-1-13-9-18(26-20(13)24-17)15-5-7-22-10-15;26-18-5-1-2-10-25(18)15-11-16-19(22-13-15)23-20(27-16)14-6-7-17(21-12-14)24-8-3-4-9-24;1-2-5-20-10-12(9-18-20)17-19-14-4-3-13(8-15(14)24-17)21-6-7-23-11-16(21)22/h5-8,14-15H,2-4,9-13,16H2,1H3;6-7,11-13,16H,1-5,8-10,14H2;1-5,9-11,16H,6-8,12H2;6-7,11-13H,1-5,8-10H2;3-4,8-10H,2,5-7,11H2,1H3/t;2*16-;;/m.11../s1. The summed E-state index contributed by atoms with van der Waals surface area (Å²) in [7, 11) is 0. The molecule has 8 saturated heterocycles. The Morgan fingerprint density at radius 2 is 0.948 bits per heavy atom. The molecule has 3 amide bonds. The predicted octanol–water partition coefficient (Wildman–Crippen LogP) is 19.9. The van der Waals surface area contributed by atoms with Crippen LogP contribution in [0.1, 0.15) is 115 Å². The number of nitrogens with zero attached hydrogens (tertiary/aromatic N) is 23. The molecule has 694 valence electrons. The number of thiophene rings is 1. The number of thiazole rings is 4. The Morgan fingerprint density at radius 3 is 1.53 bits per heavy atom. The highest BCUT2D eigenvalue weighted by Gasteiger charge is 2.30.